The van der Waals surface area contributed by atoms with Crippen molar-refractivity contribution < 1.29 is 14.4 Å². The second kappa shape index (κ2) is 7.61. The Balaban J connectivity index is 1.63. The van der Waals surface area contributed by atoms with Gasteiger partial charge in [-0.15, -0.1) is 0 Å². The molecule has 6 heteroatoms. The Labute approximate surface area is 158 Å². The van der Waals surface area contributed by atoms with Gasteiger partial charge in [0.25, 0.3) is 11.8 Å². The zero-order valence-electron chi connectivity index (χ0n) is 15.8. The van der Waals surface area contributed by atoms with Crippen molar-refractivity contribution in [2.75, 3.05) is 25.5 Å². The summed E-state index contributed by atoms with van der Waals surface area (Å²) in [6.45, 7) is 2.59. The fourth-order valence-electron chi connectivity index (χ4n) is 3.18. The van der Waals surface area contributed by atoms with Gasteiger partial charge in [0.1, 0.15) is 0 Å². The molecule has 0 atom stereocenters. The lowest BCUT2D eigenvalue weighted by Gasteiger charge is -2.15. The van der Waals surface area contributed by atoms with Gasteiger partial charge in [-0.05, 0) is 47.9 Å². The molecular weight excluding hydrogens is 342 g/mol. The predicted molar refractivity (Wildman–Crippen MR) is 104 cm³/mol. The number of fused-ring (bicyclic) bond motifs is 1. The van der Waals surface area contributed by atoms with Gasteiger partial charge >= 0.3 is 0 Å². The fraction of sp³-hybridized carbons (Fsp3) is 0.286. The third kappa shape index (κ3) is 4.00. The van der Waals surface area contributed by atoms with Gasteiger partial charge in [0.15, 0.2) is 0 Å². The van der Waals surface area contributed by atoms with E-state index in [1.807, 2.05) is 24.3 Å². The Bertz CT molecular complexity index is 888. The molecule has 0 saturated heterocycles. The molecule has 0 spiro atoms. The number of hydrogen-bond acceptors (Lipinski definition) is 3. The summed E-state index contributed by atoms with van der Waals surface area (Å²) in [4.78, 5) is 39.2. The van der Waals surface area contributed by atoms with E-state index in [1.54, 1.807) is 44.1 Å². The smallest absolute Gasteiger partial charge is 0.253 e. The largest absolute Gasteiger partial charge is 0.348 e. The van der Waals surface area contributed by atoms with Gasteiger partial charge in [0.2, 0.25) is 5.91 Å². The molecule has 0 unspecified atom stereocenters. The SMILES string of the molecule is CC(=O)N1CCc2cc(C(=O)NCc3ccc(C(=O)N(C)C)cc3)ccc21. The first-order chi connectivity index (χ1) is 12.9. The summed E-state index contributed by atoms with van der Waals surface area (Å²) < 4.78 is 0. The average Bonchev–Trinajstić information content (AvgIpc) is 3.09. The first kappa shape index (κ1) is 18.6. The van der Waals surface area contributed by atoms with Crippen LogP contribution in [-0.2, 0) is 17.8 Å². The molecule has 140 valence electrons. The lowest BCUT2D eigenvalue weighted by Crippen LogP contribution is -2.26. The summed E-state index contributed by atoms with van der Waals surface area (Å²) in [5, 5.41) is 2.90. The zero-order chi connectivity index (χ0) is 19.6. The van der Waals surface area contributed by atoms with E-state index in [1.165, 1.54) is 4.90 Å². The molecule has 0 aromatic heterocycles. The van der Waals surface area contributed by atoms with Crippen LogP contribution in [0.4, 0.5) is 5.69 Å². The molecule has 2 aromatic carbocycles. The summed E-state index contributed by atoms with van der Waals surface area (Å²) >= 11 is 0. The first-order valence-electron chi connectivity index (χ1n) is 8.86. The molecule has 0 bridgehead atoms. The molecule has 1 aliphatic heterocycles. The van der Waals surface area contributed by atoms with Gasteiger partial charge in [-0.3, -0.25) is 14.4 Å². The van der Waals surface area contributed by atoms with Gasteiger partial charge < -0.3 is 15.1 Å². The summed E-state index contributed by atoms with van der Waals surface area (Å²) in [5.74, 6) is -0.196. The van der Waals surface area contributed by atoms with Crippen LogP contribution in [0.2, 0.25) is 0 Å². The highest BCUT2D eigenvalue weighted by atomic mass is 16.2. The summed E-state index contributed by atoms with van der Waals surface area (Å²) in [6, 6.07) is 12.6. The van der Waals surface area contributed by atoms with Crippen LogP contribution in [0.5, 0.6) is 0 Å². The van der Waals surface area contributed by atoms with Crippen molar-refractivity contribution in [1.29, 1.82) is 0 Å². The van der Waals surface area contributed by atoms with E-state index in [-0.39, 0.29) is 17.7 Å². The van der Waals surface area contributed by atoms with Crippen molar-refractivity contribution in [2.45, 2.75) is 19.9 Å². The van der Waals surface area contributed by atoms with Crippen LogP contribution in [0.3, 0.4) is 0 Å². The molecular formula is C21H23N3O3. The summed E-state index contributed by atoms with van der Waals surface area (Å²) in [7, 11) is 3.42. The lowest BCUT2D eigenvalue weighted by molar-refractivity contribution is -0.116. The minimum absolute atomic E-state index is 0.0159. The highest BCUT2D eigenvalue weighted by molar-refractivity contribution is 5.98. The quantitative estimate of drug-likeness (QED) is 0.903. The Morgan fingerprint density at radius 1 is 1.04 bits per heavy atom. The van der Waals surface area contributed by atoms with Gasteiger partial charge in [-0.25, -0.2) is 0 Å². The van der Waals surface area contributed by atoms with Gasteiger partial charge in [0.05, 0.1) is 0 Å². The van der Waals surface area contributed by atoms with E-state index in [4.69, 9.17) is 0 Å². The maximum Gasteiger partial charge on any atom is 0.253 e. The zero-order valence-corrected chi connectivity index (χ0v) is 15.8. The number of amides is 3. The monoisotopic (exact) mass is 365 g/mol. The maximum absolute atomic E-state index is 12.4. The second-order valence-electron chi connectivity index (χ2n) is 6.84. The van der Waals surface area contributed by atoms with Gasteiger partial charge in [-0.1, -0.05) is 12.1 Å². The normalized spacial score (nSPS) is 12.5. The fourth-order valence-corrected chi connectivity index (χ4v) is 3.18. The van der Waals surface area contributed by atoms with Crippen LogP contribution >= 0.6 is 0 Å². The molecule has 0 radical (unpaired) electrons. The van der Waals surface area contributed by atoms with Crippen molar-refractivity contribution in [3.63, 3.8) is 0 Å². The topological polar surface area (TPSA) is 69.7 Å². The van der Waals surface area contributed by atoms with Crippen molar-refractivity contribution >= 4 is 23.4 Å². The minimum atomic E-state index is -0.160. The highest BCUT2D eigenvalue weighted by Crippen LogP contribution is 2.28. The van der Waals surface area contributed by atoms with Crippen LogP contribution < -0.4 is 10.2 Å². The number of carbonyl (C=O) groups is 3. The van der Waals surface area contributed by atoms with Crippen molar-refractivity contribution in [3.8, 4) is 0 Å². The molecule has 2 aromatic rings. The van der Waals surface area contributed by atoms with Crippen LogP contribution in [-0.4, -0.2) is 43.3 Å². The number of hydrogen-bond donors (Lipinski definition) is 1. The summed E-state index contributed by atoms with van der Waals surface area (Å²) in [5.41, 5.74) is 4.02. The van der Waals surface area contributed by atoms with Gasteiger partial charge in [-0.2, -0.15) is 0 Å². The minimum Gasteiger partial charge on any atom is -0.348 e. The van der Waals surface area contributed by atoms with Gasteiger partial charge in [0, 0.05) is 50.9 Å². The summed E-state index contributed by atoms with van der Waals surface area (Å²) in [6.07, 6.45) is 0.761. The lowest BCUT2D eigenvalue weighted by atomic mass is 10.1. The Morgan fingerprint density at radius 3 is 2.33 bits per heavy atom. The number of nitrogens with one attached hydrogen (secondary N) is 1. The van der Waals surface area contributed by atoms with Crippen molar-refractivity contribution in [1.82, 2.24) is 10.2 Å². The maximum atomic E-state index is 12.4. The molecule has 3 amide bonds. The molecule has 6 nitrogen and oxygen atoms in total. The van der Waals surface area contributed by atoms with E-state index >= 15 is 0 Å². The van der Waals surface area contributed by atoms with Crippen molar-refractivity contribution in [3.05, 3.63) is 64.7 Å². The number of carbonyl (C=O) groups excluding carboxylic acids is 3. The third-order valence-electron chi connectivity index (χ3n) is 4.68. The molecule has 1 N–H and O–H groups in total. The van der Waals surface area contributed by atoms with Crippen molar-refractivity contribution in [2.24, 2.45) is 0 Å². The Hall–Kier alpha value is -3.15. The molecule has 0 aliphatic carbocycles. The number of nitrogens with zero attached hydrogens (tertiary/aromatic N) is 2. The van der Waals surface area contributed by atoms with E-state index in [2.05, 4.69) is 5.32 Å². The van der Waals surface area contributed by atoms with E-state index in [9.17, 15) is 14.4 Å². The standard InChI is InChI=1S/C21H23N3O3/c1-14(25)24-11-10-17-12-18(8-9-19(17)24)20(26)22-13-15-4-6-16(7-5-15)21(27)23(2)3/h4-9,12H,10-11,13H2,1-3H3,(H,22,26). The Morgan fingerprint density at radius 2 is 1.70 bits per heavy atom. The molecule has 27 heavy (non-hydrogen) atoms. The van der Waals surface area contributed by atoms with Crippen LogP contribution in [0.25, 0.3) is 0 Å². The van der Waals surface area contributed by atoms with E-state index in [0.717, 1.165) is 23.2 Å². The molecule has 1 aliphatic rings. The number of rotatable bonds is 4. The third-order valence-corrected chi connectivity index (χ3v) is 4.68. The molecule has 1 heterocycles. The first-order valence-corrected chi connectivity index (χ1v) is 8.86. The predicted octanol–water partition coefficient (Wildman–Crippen LogP) is 2.23. The van der Waals surface area contributed by atoms with Crippen LogP contribution in [0.15, 0.2) is 42.5 Å². The Kier molecular flexibility index (Phi) is 5.26. The van der Waals surface area contributed by atoms with Crippen LogP contribution in [0, 0.1) is 0 Å². The van der Waals surface area contributed by atoms with E-state index < -0.39 is 0 Å². The molecule has 3 rings (SSSR count). The van der Waals surface area contributed by atoms with E-state index in [0.29, 0.717) is 24.2 Å². The highest BCUT2D eigenvalue weighted by Gasteiger charge is 2.23. The number of benzene rings is 2. The molecule has 0 fully saturated rings. The second-order valence-corrected chi connectivity index (χ2v) is 6.84. The average molecular weight is 365 g/mol. The van der Waals surface area contributed by atoms with Crippen LogP contribution in [0.1, 0.15) is 38.8 Å². The number of anilines is 1. The molecule has 0 saturated carbocycles.